The Morgan fingerprint density at radius 3 is 2.79 bits per heavy atom. The summed E-state index contributed by atoms with van der Waals surface area (Å²) in [7, 11) is 0. The van der Waals surface area contributed by atoms with E-state index in [1.165, 1.54) is 0 Å². The Labute approximate surface area is 92.2 Å². The van der Waals surface area contributed by atoms with Gasteiger partial charge in [-0.15, -0.1) is 0 Å². The van der Waals surface area contributed by atoms with Gasteiger partial charge in [-0.25, -0.2) is 0 Å². The van der Waals surface area contributed by atoms with E-state index in [0.717, 1.165) is 26.0 Å². The zero-order valence-corrected chi connectivity index (χ0v) is 10.6. The smallest absolute Gasteiger partial charge is 0.0561 e. The molecule has 1 aliphatic rings. The average molecular weight is 217 g/mol. The predicted octanol–water partition coefficient (Wildman–Crippen LogP) is 2.29. The molecule has 0 radical (unpaired) electrons. The van der Waals surface area contributed by atoms with Gasteiger partial charge in [-0.05, 0) is 39.9 Å². The molecule has 1 rings (SSSR count). The highest BCUT2D eigenvalue weighted by Gasteiger charge is 2.22. The van der Waals surface area contributed by atoms with E-state index in [0.29, 0.717) is 16.9 Å². The van der Waals surface area contributed by atoms with Crippen molar-refractivity contribution >= 4 is 11.8 Å². The van der Waals surface area contributed by atoms with Crippen LogP contribution in [0.15, 0.2) is 0 Å². The summed E-state index contributed by atoms with van der Waals surface area (Å²) in [5.41, 5.74) is 0. The molecule has 0 spiro atoms. The lowest BCUT2D eigenvalue weighted by molar-refractivity contribution is 0.0131. The molecule has 84 valence electrons. The number of rotatable bonds is 4. The van der Waals surface area contributed by atoms with Gasteiger partial charge in [0.15, 0.2) is 0 Å². The molecule has 1 heterocycles. The Morgan fingerprint density at radius 2 is 2.21 bits per heavy atom. The molecule has 14 heavy (non-hydrogen) atoms. The predicted molar refractivity (Wildman–Crippen MR) is 64.0 cm³/mol. The summed E-state index contributed by atoms with van der Waals surface area (Å²) >= 11 is 1.92. The van der Waals surface area contributed by atoms with Crippen molar-refractivity contribution in [3.8, 4) is 0 Å². The summed E-state index contributed by atoms with van der Waals surface area (Å²) in [6.07, 6.45) is 4.92. The van der Waals surface area contributed by atoms with E-state index in [9.17, 15) is 0 Å². The van der Waals surface area contributed by atoms with Crippen molar-refractivity contribution in [2.45, 2.75) is 50.5 Å². The second-order valence-corrected chi connectivity index (χ2v) is 6.26. The fourth-order valence-corrected chi connectivity index (χ4v) is 1.87. The standard InChI is InChI=1S/C11H23NOS/c1-9-7-10(5-6-13-9)12-8-11(2,3)14-4/h9-10,12H,5-8H2,1-4H3. The first-order valence-electron chi connectivity index (χ1n) is 5.43. The topological polar surface area (TPSA) is 21.3 Å². The minimum Gasteiger partial charge on any atom is -0.378 e. The Morgan fingerprint density at radius 1 is 1.50 bits per heavy atom. The van der Waals surface area contributed by atoms with E-state index >= 15 is 0 Å². The van der Waals surface area contributed by atoms with Crippen LogP contribution >= 0.6 is 11.8 Å². The van der Waals surface area contributed by atoms with Crippen LogP contribution in [0.1, 0.15) is 33.6 Å². The third-order valence-electron chi connectivity index (χ3n) is 2.85. The number of hydrogen-bond donors (Lipinski definition) is 1. The highest BCUT2D eigenvalue weighted by molar-refractivity contribution is 7.99. The van der Waals surface area contributed by atoms with Crippen LogP contribution in [0.4, 0.5) is 0 Å². The minimum atomic E-state index is 0.349. The Bertz CT molecular complexity index is 173. The number of nitrogens with one attached hydrogen (secondary N) is 1. The molecular formula is C11H23NOS. The molecule has 1 fully saturated rings. The lowest BCUT2D eigenvalue weighted by Crippen LogP contribution is -2.43. The summed E-state index contributed by atoms with van der Waals surface area (Å²) in [5.74, 6) is 0. The van der Waals surface area contributed by atoms with E-state index in [4.69, 9.17) is 4.74 Å². The lowest BCUT2D eigenvalue weighted by atomic mass is 10.0. The van der Waals surface area contributed by atoms with Crippen molar-refractivity contribution in [2.24, 2.45) is 0 Å². The monoisotopic (exact) mass is 217 g/mol. The van der Waals surface area contributed by atoms with Gasteiger partial charge in [0.25, 0.3) is 0 Å². The average Bonchev–Trinajstić information content (AvgIpc) is 2.15. The summed E-state index contributed by atoms with van der Waals surface area (Å²) in [5, 5.41) is 3.64. The number of thioether (sulfide) groups is 1. The summed E-state index contributed by atoms with van der Waals surface area (Å²) < 4.78 is 5.87. The molecule has 2 atom stereocenters. The molecule has 0 bridgehead atoms. The maximum Gasteiger partial charge on any atom is 0.0561 e. The quantitative estimate of drug-likeness (QED) is 0.780. The van der Waals surface area contributed by atoms with Crippen molar-refractivity contribution in [3.63, 3.8) is 0 Å². The van der Waals surface area contributed by atoms with Crippen molar-refractivity contribution in [3.05, 3.63) is 0 Å². The number of ether oxygens (including phenoxy) is 1. The van der Waals surface area contributed by atoms with E-state index in [1.807, 2.05) is 11.8 Å². The zero-order chi connectivity index (χ0) is 10.6. The van der Waals surface area contributed by atoms with Crippen LogP contribution in [-0.2, 0) is 4.74 Å². The highest BCUT2D eigenvalue weighted by Crippen LogP contribution is 2.21. The van der Waals surface area contributed by atoms with Gasteiger partial charge in [0.2, 0.25) is 0 Å². The van der Waals surface area contributed by atoms with Crippen LogP contribution < -0.4 is 5.32 Å². The molecule has 2 nitrogen and oxygen atoms in total. The van der Waals surface area contributed by atoms with Gasteiger partial charge in [0.05, 0.1) is 6.10 Å². The van der Waals surface area contributed by atoms with Gasteiger partial charge in [0, 0.05) is 23.9 Å². The van der Waals surface area contributed by atoms with Crippen molar-refractivity contribution < 1.29 is 4.74 Å². The molecule has 0 aliphatic carbocycles. The largest absolute Gasteiger partial charge is 0.378 e. The van der Waals surface area contributed by atoms with Crippen LogP contribution in [-0.4, -0.2) is 36.3 Å². The molecule has 1 saturated heterocycles. The van der Waals surface area contributed by atoms with E-state index in [1.54, 1.807) is 0 Å². The maximum atomic E-state index is 5.52. The van der Waals surface area contributed by atoms with Gasteiger partial charge in [-0.2, -0.15) is 11.8 Å². The molecule has 2 unspecified atom stereocenters. The van der Waals surface area contributed by atoms with Crippen LogP contribution in [0.25, 0.3) is 0 Å². The van der Waals surface area contributed by atoms with Gasteiger partial charge >= 0.3 is 0 Å². The summed E-state index contributed by atoms with van der Waals surface area (Å²) in [6.45, 7) is 8.73. The molecule has 1 aliphatic heterocycles. The van der Waals surface area contributed by atoms with E-state index < -0.39 is 0 Å². The van der Waals surface area contributed by atoms with Gasteiger partial charge in [0.1, 0.15) is 0 Å². The van der Waals surface area contributed by atoms with Crippen LogP contribution in [0, 0.1) is 0 Å². The van der Waals surface area contributed by atoms with Gasteiger partial charge in [-0.3, -0.25) is 0 Å². The first kappa shape index (κ1) is 12.3. The molecule has 0 saturated carbocycles. The summed E-state index contributed by atoms with van der Waals surface area (Å²) in [4.78, 5) is 0. The van der Waals surface area contributed by atoms with Crippen LogP contribution in [0.5, 0.6) is 0 Å². The second kappa shape index (κ2) is 5.38. The highest BCUT2D eigenvalue weighted by atomic mass is 32.2. The molecule has 0 aromatic carbocycles. The fraction of sp³-hybridized carbons (Fsp3) is 1.00. The minimum absolute atomic E-state index is 0.349. The molecule has 0 aromatic heterocycles. The summed E-state index contributed by atoms with van der Waals surface area (Å²) in [6, 6.07) is 0.658. The van der Waals surface area contributed by atoms with Crippen LogP contribution in [0.3, 0.4) is 0 Å². The first-order chi connectivity index (χ1) is 6.53. The fourth-order valence-electron chi connectivity index (χ4n) is 1.65. The first-order valence-corrected chi connectivity index (χ1v) is 6.66. The van der Waals surface area contributed by atoms with Gasteiger partial charge in [-0.1, -0.05) is 0 Å². The molecule has 3 heteroatoms. The second-order valence-electron chi connectivity index (χ2n) is 4.75. The Hall–Kier alpha value is 0.270. The van der Waals surface area contributed by atoms with E-state index in [-0.39, 0.29) is 0 Å². The Balaban J connectivity index is 2.23. The number of hydrogen-bond acceptors (Lipinski definition) is 3. The SMILES string of the molecule is CSC(C)(C)CNC1CCOC(C)C1. The third-order valence-corrected chi connectivity index (χ3v) is 4.10. The lowest BCUT2D eigenvalue weighted by Gasteiger charge is -2.31. The Kier molecular flexibility index (Phi) is 4.74. The van der Waals surface area contributed by atoms with Crippen molar-refractivity contribution in [1.29, 1.82) is 0 Å². The normalized spacial score (nSPS) is 29.1. The third kappa shape index (κ3) is 4.20. The van der Waals surface area contributed by atoms with Gasteiger partial charge < -0.3 is 10.1 Å². The molecule has 0 aromatic rings. The molecule has 1 N–H and O–H groups in total. The molecular weight excluding hydrogens is 194 g/mol. The van der Waals surface area contributed by atoms with Crippen molar-refractivity contribution in [2.75, 3.05) is 19.4 Å². The van der Waals surface area contributed by atoms with Crippen molar-refractivity contribution in [1.82, 2.24) is 5.32 Å². The van der Waals surface area contributed by atoms with E-state index in [2.05, 4.69) is 32.3 Å². The maximum absolute atomic E-state index is 5.52. The zero-order valence-electron chi connectivity index (χ0n) is 9.80. The molecule has 0 amide bonds. The van der Waals surface area contributed by atoms with Crippen LogP contribution in [0.2, 0.25) is 0 Å².